The molecule has 0 aromatic carbocycles. The molecule has 11 nitrogen and oxygen atoms in total. The molecule has 0 radical (unpaired) electrons. The molecule has 0 aliphatic rings. The van der Waals surface area contributed by atoms with E-state index in [1.165, 1.54) is 0 Å². The normalized spacial score (nSPS) is 7.24. The molecular formula is C27H48O11. The van der Waals surface area contributed by atoms with E-state index >= 15 is 0 Å². The van der Waals surface area contributed by atoms with Crippen molar-refractivity contribution in [3.05, 3.63) is 88.6 Å². The Labute approximate surface area is 227 Å². The number of aliphatic carboxylic acids is 4. The maximum atomic E-state index is 9.25. The third-order valence-corrected chi connectivity index (χ3v) is 2.45. The van der Waals surface area contributed by atoms with Crippen LogP contribution in [0.15, 0.2) is 88.6 Å². The van der Waals surface area contributed by atoms with Gasteiger partial charge < -0.3 is 35.7 Å². The van der Waals surface area contributed by atoms with Crippen LogP contribution in [0.1, 0.15) is 34.1 Å². The van der Waals surface area contributed by atoms with E-state index in [9.17, 15) is 19.2 Å². The molecule has 0 aromatic rings. The first-order chi connectivity index (χ1) is 17.6. The molecule has 7 N–H and O–H groups in total. The van der Waals surface area contributed by atoms with E-state index in [1.54, 1.807) is 18.2 Å². The molecule has 38 heavy (non-hydrogen) atoms. The number of carboxylic acids is 4. The van der Waals surface area contributed by atoms with Gasteiger partial charge in [-0.1, -0.05) is 51.5 Å². The Balaban J connectivity index is -0.0000000466. The summed E-state index contributed by atoms with van der Waals surface area (Å²) in [5, 5.41) is 56.4. The van der Waals surface area contributed by atoms with E-state index in [2.05, 4.69) is 46.1 Å². The van der Waals surface area contributed by atoms with Crippen LogP contribution in [0.5, 0.6) is 0 Å². The molecule has 0 aromatic heterocycles. The summed E-state index contributed by atoms with van der Waals surface area (Å²) in [5.41, 5.74) is -0.667. The van der Waals surface area contributed by atoms with Crippen molar-refractivity contribution in [2.45, 2.75) is 34.1 Å². The lowest BCUT2D eigenvalue weighted by Crippen LogP contribution is -2.32. The van der Waals surface area contributed by atoms with E-state index in [-0.39, 0.29) is 19.8 Å². The molecule has 0 aliphatic heterocycles. The third-order valence-electron chi connectivity index (χ3n) is 2.45. The number of hydrogen-bond donors (Lipinski definition) is 7. The summed E-state index contributed by atoms with van der Waals surface area (Å²) < 4.78 is 0. The summed E-state index contributed by atoms with van der Waals surface area (Å²) in [5.74, 6) is -3.93. The van der Waals surface area contributed by atoms with Crippen LogP contribution in [0.2, 0.25) is 0 Å². The molecule has 0 saturated heterocycles. The molecule has 222 valence electrons. The zero-order valence-corrected chi connectivity index (χ0v) is 23.1. The average molecular weight is 549 g/mol. The van der Waals surface area contributed by atoms with Crippen LogP contribution in [-0.4, -0.2) is 79.4 Å². The Morgan fingerprint density at radius 2 is 0.632 bits per heavy atom. The SMILES string of the molecule is C=CC.C=CC.C=CC.C=CC(=O)O.C=CC(=O)O.C=CC(=O)O.C=CC(=O)O.CCC(CO)(CO)CO. The Kier molecular flexibility index (Phi) is 77.8. The Hall–Kier alpha value is -4.06. The molecular weight excluding hydrogens is 500 g/mol. The van der Waals surface area contributed by atoms with Crippen molar-refractivity contribution in [3.63, 3.8) is 0 Å². The van der Waals surface area contributed by atoms with Crippen LogP contribution in [0, 0.1) is 5.41 Å². The minimum Gasteiger partial charge on any atom is -0.478 e. The number of carbonyl (C=O) groups is 4. The van der Waals surface area contributed by atoms with Gasteiger partial charge in [0.1, 0.15) is 0 Å². The molecule has 0 saturated carbocycles. The van der Waals surface area contributed by atoms with Crippen LogP contribution in [-0.2, 0) is 19.2 Å². The van der Waals surface area contributed by atoms with Gasteiger partial charge in [-0.15, -0.1) is 19.7 Å². The highest BCUT2D eigenvalue weighted by atomic mass is 16.4. The number of hydrogen-bond acceptors (Lipinski definition) is 7. The average Bonchev–Trinajstić information content (AvgIpc) is 2.88. The summed E-state index contributed by atoms with van der Waals surface area (Å²) in [6.45, 7) is 28.9. The predicted octanol–water partition coefficient (Wildman–Crippen LogP) is 3.96. The zero-order valence-electron chi connectivity index (χ0n) is 23.1. The first-order valence-electron chi connectivity index (χ1n) is 10.5. The van der Waals surface area contributed by atoms with Gasteiger partial charge in [0.05, 0.1) is 19.8 Å². The van der Waals surface area contributed by atoms with Crippen molar-refractivity contribution in [1.29, 1.82) is 0 Å². The zero-order chi connectivity index (χ0) is 32.6. The molecule has 0 rings (SSSR count). The van der Waals surface area contributed by atoms with Gasteiger partial charge >= 0.3 is 23.9 Å². The van der Waals surface area contributed by atoms with Gasteiger partial charge in [-0.2, -0.15) is 0 Å². The smallest absolute Gasteiger partial charge is 0.327 e. The first kappa shape index (κ1) is 54.7. The lowest BCUT2D eigenvalue weighted by atomic mass is 9.88. The molecule has 0 fully saturated rings. The van der Waals surface area contributed by atoms with Gasteiger partial charge in [0.2, 0.25) is 0 Å². The Morgan fingerprint density at radius 3 is 0.632 bits per heavy atom. The maximum absolute atomic E-state index is 9.25. The number of carboxylic acid groups (broad SMARTS) is 4. The van der Waals surface area contributed by atoms with E-state index in [0.29, 0.717) is 6.42 Å². The third kappa shape index (κ3) is 120. The van der Waals surface area contributed by atoms with Gasteiger partial charge in [-0.05, 0) is 27.2 Å². The number of rotatable bonds is 8. The fourth-order valence-electron chi connectivity index (χ4n) is 0.485. The van der Waals surface area contributed by atoms with Gasteiger partial charge in [-0.3, -0.25) is 0 Å². The lowest BCUT2D eigenvalue weighted by molar-refractivity contribution is -0.132. The minimum atomic E-state index is -0.981. The molecule has 0 atom stereocenters. The molecule has 0 bridgehead atoms. The van der Waals surface area contributed by atoms with Gasteiger partial charge in [-0.25, -0.2) is 19.2 Å². The number of aliphatic hydroxyl groups excluding tert-OH is 3. The molecule has 11 heteroatoms. The summed E-state index contributed by atoms with van der Waals surface area (Å²) >= 11 is 0. The molecule has 0 spiro atoms. The van der Waals surface area contributed by atoms with Crippen LogP contribution in [0.3, 0.4) is 0 Å². The quantitative estimate of drug-likeness (QED) is 0.170. The van der Waals surface area contributed by atoms with Crippen LogP contribution in [0.25, 0.3) is 0 Å². The highest BCUT2D eigenvalue weighted by Gasteiger charge is 2.24. The van der Waals surface area contributed by atoms with Crippen LogP contribution >= 0.6 is 0 Å². The van der Waals surface area contributed by atoms with Crippen molar-refractivity contribution < 1.29 is 54.9 Å². The standard InChI is InChI=1S/C6H14O3.4C3H4O2.3C3H6/c1-2-6(3-7,4-8)5-9;4*1-2-3(4)5;3*1-3-2/h7-9H,2-5H2,1H3;4*2H,1H2,(H,4,5);3*3H,1H2,2H3. The van der Waals surface area contributed by atoms with Gasteiger partial charge in [0.25, 0.3) is 0 Å². The fourth-order valence-corrected chi connectivity index (χ4v) is 0.485. The van der Waals surface area contributed by atoms with Crippen molar-refractivity contribution in [1.82, 2.24) is 0 Å². The van der Waals surface area contributed by atoms with Crippen molar-refractivity contribution in [2.75, 3.05) is 19.8 Å². The number of allylic oxidation sites excluding steroid dienone is 3. The van der Waals surface area contributed by atoms with Crippen molar-refractivity contribution in [2.24, 2.45) is 5.41 Å². The van der Waals surface area contributed by atoms with Gasteiger partial charge in [0.15, 0.2) is 0 Å². The second-order valence-corrected chi connectivity index (χ2v) is 5.72. The summed E-state index contributed by atoms with van der Waals surface area (Å²) in [7, 11) is 0. The monoisotopic (exact) mass is 548 g/mol. The molecule has 0 aliphatic carbocycles. The minimum absolute atomic E-state index is 0.156. The van der Waals surface area contributed by atoms with Crippen molar-refractivity contribution in [3.8, 4) is 0 Å². The van der Waals surface area contributed by atoms with Crippen LogP contribution < -0.4 is 0 Å². The number of aliphatic hydroxyl groups is 3. The van der Waals surface area contributed by atoms with Crippen molar-refractivity contribution >= 4 is 23.9 Å². The van der Waals surface area contributed by atoms with E-state index in [0.717, 1.165) is 24.3 Å². The Bertz CT molecular complexity index is 529. The first-order valence-corrected chi connectivity index (χ1v) is 10.5. The predicted molar refractivity (Wildman–Crippen MR) is 153 cm³/mol. The fraction of sp³-hybridized carbons (Fsp3) is 0.333. The highest BCUT2D eigenvalue weighted by Crippen LogP contribution is 2.18. The topological polar surface area (TPSA) is 210 Å². The summed E-state index contributed by atoms with van der Waals surface area (Å²) in [6, 6.07) is 0. The van der Waals surface area contributed by atoms with E-state index < -0.39 is 29.3 Å². The largest absolute Gasteiger partial charge is 0.478 e. The Morgan fingerprint density at radius 1 is 0.526 bits per heavy atom. The lowest BCUT2D eigenvalue weighted by Gasteiger charge is -2.24. The van der Waals surface area contributed by atoms with E-state index in [4.69, 9.17) is 35.7 Å². The second kappa shape index (κ2) is 54.0. The maximum Gasteiger partial charge on any atom is 0.327 e. The van der Waals surface area contributed by atoms with E-state index in [1.807, 2.05) is 27.7 Å². The summed E-state index contributed by atoms with van der Waals surface area (Å²) in [6.07, 6.45) is 9.18. The van der Waals surface area contributed by atoms with Crippen LogP contribution in [0.4, 0.5) is 0 Å². The second-order valence-electron chi connectivity index (χ2n) is 5.72. The molecule has 0 heterocycles. The summed E-state index contributed by atoms with van der Waals surface area (Å²) in [4.78, 5) is 37.0. The molecule has 0 amide bonds. The van der Waals surface area contributed by atoms with Gasteiger partial charge in [0, 0.05) is 29.7 Å². The highest BCUT2D eigenvalue weighted by molar-refractivity contribution is 5.79. The molecule has 0 unspecified atom stereocenters.